The van der Waals surface area contributed by atoms with Gasteiger partial charge in [-0.3, -0.25) is 10.9 Å². The van der Waals surface area contributed by atoms with E-state index >= 15 is 0 Å². The van der Waals surface area contributed by atoms with Crippen molar-refractivity contribution in [3.63, 3.8) is 0 Å². The van der Waals surface area contributed by atoms with Crippen LogP contribution in [0.1, 0.15) is 0 Å². The number of H-pyrrole nitrogens is 1. The zero-order valence-electron chi connectivity index (χ0n) is 6.00. The Bertz CT molecular complexity index is 333. The van der Waals surface area contributed by atoms with E-state index in [1.807, 2.05) is 0 Å². The Morgan fingerprint density at radius 1 is 1.67 bits per heavy atom. The minimum atomic E-state index is 0.158. The molecule has 1 aromatic heterocycles. The number of thiocarbonyl (C=S) groups is 1. The molecule has 0 saturated heterocycles. The zero-order valence-corrected chi connectivity index (χ0v) is 7.63. The maximum atomic E-state index is 5.18. The third-order valence-corrected chi connectivity index (χ3v) is 1.30. The Morgan fingerprint density at radius 2 is 2.42 bits per heavy atom. The second-order valence-corrected chi connectivity index (χ2v) is 2.73. The lowest BCUT2D eigenvalue weighted by atomic mass is 10.6. The summed E-state index contributed by atoms with van der Waals surface area (Å²) in [5.74, 6) is 0.655. The van der Waals surface area contributed by atoms with Gasteiger partial charge in [0.2, 0.25) is 0 Å². The van der Waals surface area contributed by atoms with Crippen LogP contribution < -0.4 is 16.6 Å². The van der Waals surface area contributed by atoms with Gasteiger partial charge in [0.15, 0.2) is 9.88 Å². The maximum Gasteiger partial charge on any atom is 0.198 e. The topological polar surface area (TPSA) is 78.8 Å². The number of nitrogens with zero attached hydrogens (tertiary/aromatic N) is 1. The van der Waals surface area contributed by atoms with Gasteiger partial charge in [0.05, 0.1) is 0 Å². The van der Waals surface area contributed by atoms with Crippen LogP contribution in [0.15, 0.2) is 12.3 Å². The van der Waals surface area contributed by atoms with E-state index in [-0.39, 0.29) is 5.11 Å². The second kappa shape index (κ2) is 3.98. The largest absolute Gasteiger partial charge is 0.375 e. The molecule has 0 amide bonds. The molecule has 5 N–H and O–H groups in total. The third-order valence-electron chi connectivity index (χ3n) is 0.995. The second-order valence-electron chi connectivity index (χ2n) is 1.90. The maximum absolute atomic E-state index is 5.18. The van der Waals surface area contributed by atoms with Crippen LogP contribution in [0.5, 0.6) is 0 Å². The first-order valence-corrected chi connectivity index (χ1v) is 3.87. The fourth-order valence-electron chi connectivity index (χ4n) is 0.570. The van der Waals surface area contributed by atoms with Gasteiger partial charge in [-0.2, -0.15) is 0 Å². The summed E-state index contributed by atoms with van der Waals surface area (Å²) in [7, 11) is 0. The molecule has 0 aliphatic carbocycles. The highest BCUT2D eigenvalue weighted by Gasteiger charge is 1.89. The molecule has 0 saturated carbocycles. The number of hydrogen-bond donors (Lipinski definition) is 4. The van der Waals surface area contributed by atoms with Gasteiger partial charge in [0.25, 0.3) is 0 Å². The standard InChI is InChI=1S/C5H7N5S2/c6-4(11)10-9-3-1-2-7-5(12)8-3/h1-2H,(H3,6,10,11)(H2,7,8,9,12). The lowest BCUT2D eigenvalue weighted by molar-refractivity contribution is 1.05. The number of aromatic amines is 1. The van der Waals surface area contributed by atoms with E-state index in [2.05, 4.69) is 33.0 Å². The number of hydrogen-bond acceptors (Lipinski definition) is 4. The molecule has 7 heteroatoms. The molecule has 64 valence electrons. The first-order valence-electron chi connectivity index (χ1n) is 3.05. The molecule has 5 nitrogen and oxygen atoms in total. The number of hydrazine groups is 1. The van der Waals surface area contributed by atoms with Gasteiger partial charge in [0.1, 0.15) is 5.82 Å². The Kier molecular flexibility index (Phi) is 2.94. The smallest absolute Gasteiger partial charge is 0.198 e. The van der Waals surface area contributed by atoms with Crippen LogP contribution in [0.2, 0.25) is 0 Å². The molecule has 1 heterocycles. The Morgan fingerprint density at radius 3 is 3.00 bits per heavy atom. The minimum absolute atomic E-state index is 0.158. The predicted octanol–water partition coefficient (Wildman–Crippen LogP) is 0.299. The lowest BCUT2D eigenvalue weighted by Gasteiger charge is -2.05. The van der Waals surface area contributed by atoms with Crippen molar-refractivity contribution in [2.75, 3.05) is 5.43 Å². The Balaban J connectivity index is 2.64. The highest BCUT2D eigenvalue weighted by Crippen LogP contribution is 1.95. The van der Waals surface area contributed by atoms with E-state index < -0.39 is 0 Å². The van der Waals surface area contributed by atoms with Crippen LogP contribution in [-0.2, 0) is 0 Å². The predicted molar refractivity (Wildman–Crippen MR) is 53.0 cm³/mol. The number of aromatic nitrogens is 2. The Labute approximate surface area is 79.4 Å². The molecular formula is C5H7N5S2. The first-order chi connectivity index (χ1) is 5.68. The van der Waals surface area contributed by atoms with E-state index in [9.17, 15) is 0 Å². The molecule has 0 bridgehead atoms. The van der Waals surface area contributed by atoms with Crippen LogP contribution in [0, 0.1) is 4.77 Å². The van der Waals surface area contributed by atoms with Crippen LogP contribution in [0.4, 0.5) is 5.82 Å². The van der Waals surface area contributed by atoms with Crippen molar-refractivity contribution in [3.05, 3.63) is 17.0 Å². The van der Waals surface area contributed by atoms with Crippen LogP contribution in [0.3, 0.4) is 0 Å². The summed E-state index contributed by atoms with van der Waals surface area (Å²) >= 11 is 9.36. The molecule has 0 radical (unpaired) electrons. The number of nitrogens with two attached hydrogens (primary N) is 1. The molecule has 0 spiro atoms. The molecule has 0 aliphatic heterocycles. The highest BCUT2D eigenvalue weighted by atomic mass is 32.1. The lowest BCUT2D eigenvalue weighted by Crippen LogP contribution is -2.34. The number of anilines is 1. The summed E-state index contributed by atoms with van der Waals surface area (Å²) in [6.45, 7) is 0. The average Bonchev–Trinajstić information content (AvgIpc) is 2.01. The monoisotopic (exact) mass is 201 g/mol. The van der Waals surface area contributed by atoms with Crippen molar-refractivity contribution >= 4 is 35.4 Å². The number of rotatable bonds is 2. The molecule has 12 heavy (non-hydrogen) atoms. The summed E-state index contributed by atoms with van der Waals surface area (Å²) in [6, 6.07) is 1.70. The van der Waals surface area contributed by atoms with Crippen molar-refractivity contribution in [2.45, 2.75) is 0 Å². The van der Waals surface area contributed by atoms with Gasteiger partial charge in [-0.05, 0) is 30.5 Å². The van der Waals surface area contributed by atoms with Gasteiger partial charge >= 0.3 is 0 Å². The van der Waals surface area contributed by atoms with Gasteiger partial charge in [0, 0.05) is 6.20 Å². The van der Waals surface area contributed by atoms with E-state index in [4.69, 9.17) is 18.0 Å². The molecule has 0 aromatic carbocycles. The van der Waals surface area contributed by atoms with E-state index in [0.717, 1.165) is 0 Å². The van der Waals surface area contributed by atoms with Crippen LogP contribution in [-0.4, -0.2) is 15.1 Å². The molecular weight excluding hydrogens is 194 g/mol. The van der Waals surface area contributed by atoms with Crippen molar-refractivity contribution in [1.29, 1.82) is 0 Å². The summed E-state index contributed by atoms with van der Waals surface area (Å²) < 4.78 is 0.393. The van der Waals surface area contributed by atoms with Gasteiger partial charge in [-0.25, -0.2) is 4.98 Å². The van der Waals surface area contributed by atoms with Crippen LogP contribution >= 0.6 is 24.4 Å². The van der Waals surface area contributed by atoms with Gasteiger partial charge < -0.3 is 10.7 Å². The first kappa shape index (κ1) is 8.88. The average molecular weight is 201 g/mol. The van der Waals surface area contributed by atoms with Gasteiger partial charge in [-0.1, -0.05) is 0 Å². The van der Waals surface area contributed by atoms with Crippen molar-refractivity contribution < 1.29 is 0 Å². The van der Waals surface area contributed by atoms with E-state index in [0.29, 0.717) is 10.6 Å². The SMILES string of the molecule is NC(=S)NNc1ccnc(=S)[nH]1. The summed E-state index contributed by atoms with van der Waals surface area (Å²) in [5.41, 5.74) is 10.4. The minimum Gasteiger partial charge on any atom is -0.375 e. The van der Waals surface area contributed by atoms with Crippen LogP contribution in [0.25, 0.3) is 0 Å². The summed E-state index contributed by atoms with van der Waals surface area (Å²) in [4.78, 5) is 6.57. The molecule has 0 fully saturated rings. The molecule has 0 aliphatic rings. The fraction of sp³-hybridized carbons (Fsp3) is 0. The number of nitrogens with one attached hydrogen (secondary N) is 3. The molecule has 0 atom stereocenters. The van der Waals surface area contributed by atoms with E-state index in [1.165, 1.54) is 0 Å². The molecule has 0 unspecified atom stereocenters. The normalized spacial score (nSPS) is 9.00. The zero-order chi connectivity index (χ0) is 8.97. The van der Waals surface area contributed by atoms with Crippen molar-refractivity contribution in [2.24, 2.45) is 5.73 Å². The van der Waals surface area contributed by atoms with Crippen molar-refractivity contribution in [3.8, 4) is 0 Å². The van der Waals surface area contributed by atoms with E-state index in [1.54, 1.807) is 12.3 Å². The summed E-state index contributed by atoms with van der Waals surface area (Å²) in [6.07, 6.45) is 1.57. The Hall–Kier alpha value is -1.21. The fourth-order valence-corrected chi connectivity index (χ4v) is 0.792. The molecule has 1 aromatic rings. The molecule has 1 rings (SSSR count). The quantitative estimate of drug-likeness (QED) is 0.407. The highest BCUT2D eigenvalue weighted by molar-refractivity contribution is 7.80. The third kappa shape index (κ3) is 2.81. The summed E-state index contributed by atoms with van der Waals surface area (Å²) in [5, 5.41) is 0.158. The van der Waals surface area contributed by atoms with Gasteiger partial charge in [-0.15, -0.1) is 0 Å². The van der Waals surface area contributed by atoms with Crippen molar-refractivity contribution in [1.82, 2.24) is 15.4 Å².